The molecule has 0 radical (unpaired) electrons. The summed E-state index contributed by atoms with van der Waals surface area (Å²) in [6.07, 6.45) is 2.71. The van der Waals surface area contributed by atoms with Gasteiger partial charge >= 0.3 is 0 Å². The molecule has 0 amide bonds. The smallest absolute Gasteiger partial charge is 0.170 e. The van der Waals surface area contributed by atoms with Crippen LogP contribution in [0.5, 0.6) is 0 Å². The molecular formula is C11H14ClFN2S. The molecule has 0 aromatic carbocycles. The minimum absolute atomic E-state index is 0.189. The zero-order valence-corrected chi connectivity index (χ0v) is 10.7. The molecule has 0 N–H and O–H groups in total. The van der Waals surface area contributed by atoms with Crippen LogP contribution < -0.4 is 4.90 Å². The summed E-state index contributed by atoms with van der Waals surface area (Å²) in [5.41, 5.74) is 0.518. The maximum Gasteiger partial charge on any atom is 0.170 e. The van der Waals surface area contributed by atoms with E-state index in [2.05, 4.69) is 4.98 Å². The predicted octanol–water partition coefficient (Wildman–Crippen LogP) is 2.90. The van der Waals surface area contributed by atoms with E-state index in [1.54, 1.807) is 12.3 Å². The van der Waals surface area contributed by atoms with E-state index in [0.29, 0.717) is 17.4 Å². The summed E-state index contributed by atoms with van der Waals surface area (Å²) < 4.78 is 14.0. The fourth-order valence-electron chi connectivity index (χ4n) is 1.82. The van der Waals surface area contributed by atoms with Crippen molar-refractivity contribution >= 4 is 29.2 Å². The van der Waals surface area contributed by atoms with Gasteiger partial charge in [0.2, 0.25) is 0 Å². The quantitative estimate of drug-likeness (QED) is 0.778. The number of hydrogen-bond donors (Lipinski definition) is 0. The second kappa shape index (κ2) is 5.23. The highest BCUT2D eigenvalue weighted by molar-refractivity contribution is 7.99. The van der Waals surface area contributed by atoms with Crippen molar-refractivity contribution in [2.75, 3.05) is 23.5 Å². The molecule has 0 saturated carbocycles. The van der Waals surface area contributed by atoms with E-state index >= 15 is 0 Å². The molecule has 16 heavy (non-hydrogen) atoms. The average molecular weight is 261 g/mol. The van der Waals surface area contributed by atoms with Crippen LogP contribution in [0.4, 0.5) is 10.2 Å². The molecule has 1 aliphatic heterocycles. The first kappa shape index (κ1) is 12.0. The molecule has 1 unspecified atom stereocenters. The first-order valence-electron chi connectivity index (χ1n) is 5.24. The second-order valence-corrected chi connectivity index (χ2v) is 5.29. The van der Waals surface area contributed by atoms with E-state index in [1.807, 2.05) is 23.7 Å². The molecule has 0 bridgehead atoms. The standard InChI is InChI=1S/C11H14ClFN2S/c1-15(9-3-5-16-7-9)11-10(13)8(6-12)2-4-14-11/h2,4,9H,3,5-7H2,1H3. The van der Waals surface area contributed by atoms with Crippen LogP contribution in [0, 0.1) is 5.82 Å². The van der Waals surface area contributed by atoms with Crippen molar-refractivity contribution in [3.63, 3.8) is 0 Å². The molecule has 1 aromatic heterocycles. The van der Waals surface area contributed by atoms with Crippen molar-refractivity contribution in [3.05, 3.63) is 23.6 Å². The number of thioether (sulfide) groups is 1. The summed E-state index contributed by atoms with van der Waals surface area (Å²) in [6.45, 7) is 0. The Bertz CT molecular complexity index is 369. The summed E-state index contributed by atoms with van der Waals surface area (Å²) in [6, 6.07) is 2.01. The molecule has 2 nitrogen and oxygen atoms in total. The number of hydrogen-bond acceptors (Lipinski definition) is 3. The number of aromatic nitrogens is 1. The number of rotatable bonds is 3. The molecule has 1 aliphatic rings. The van der Waals surface area contributed by atoms with Crippen molar-refractivity contribution in [1.29, 1.82) is 0 Å². The van der Waals surface area contributed by atoms with Gasteiger partial charge in [0.15, 0.2) is 11.6 Å². The fraction of sp³-hybridized carbons (Fsp3) is 0.545. The third-order valence-electron chi connectivity index (χ3n) is 2.88. The van der Waals surface area contributed by atoms with Gasteiger partial charge in [-0.2, -0.15) is 11.8 Å². The predicted molar refractivity (Wildman–Crippen MR) is 67.9 cm³/mol. The summed E-state index contributed by atoms with van der Waals surface area (Å²) in [4.78, 5) is 6.05. The van der Waals surface area contributed by atoms with E-state index in [1.165, 1.54) is 0 Å². The van der Waals surface area contributed by atoms with Crippen molar-refractivity contribution in [1.82, 2.24) is 4.98 Å². The average Bonchev–Trinajstić information content (AvgIpc) is 2.82. The SMILES string of the molecule is CN(c1nccc(CCl)c1F)C1CCSC1. The second-order valence-electron chi connectivity index (χ2n) is 3.87. The lowest BCUT2D eigenvalue weighted by Gasteiger charge is -2.25. The molecule has 1 aromatic rings. The van der Waals surface area contributed by atoms with Crippen LogP contribution in [0.3, 0.4) is 0 Å². The molecule has 2 rings (SSSR count). The molecule has 0 aliphatic carbocycles. The third-order valence-corrected chi connectivity index (χ3v) is 4.32. The van der Waals surface area contributed by atoms with Gasteiger partial charge in [0.25, 0.3) is 0 Å². The van der Waals surface area contributed by atoms with Crippen LogP contribution in [0.2, 0.25) is 0 Å². The van der Waals surface area contributed by atoms with E-state index in [9.17, 15) is 4.39 Å². The van der Waals surface area contributed by atoms with Crippen LogP contribution in [0.15, 0.2) is 12.3 Å². The van der Waals surface area contributed by atoms with Crippen LogP contribution in [0.1, 0.15) is 12.0 Å². The number of nitrogens with zero attached hydrogens (tertiary/aromatic N) is 2. The highest BCUT2D eigenvalue weighted by Crippen LogP contribution is 2.27. The van der Waals surface area contributed by atoms with Gasteiger partial charge in [-0.05, 0) is 18.2 Å². The lowest BCUT2D eigenvalue weighted by atomic mass is 10.2. The van der Waals surface area contributed by atoms with Crippen LogP contribution in [-0.2, 0) is 5.88 Å². The Kier molecular flexibility index (Phi) is 3.92. The minimum Gasteiger partial charge on any atom is -0.353 e. The monoisotopic (exact) mass is 260 g/mol. The minimum atomic E-state index is -0.281. The lowest BCUT2D eigenvalue weighted by Crippen LogP contribution is -2.32. The molecule has 5 heteroatoms. The van der Waals surface area contributed by atoms with Gasteiger partial charge < -0.3 is 4.90 Å². The lowest BCUT2D eigenvalue weighted by molar-refractivity contribution is 0.589. The number of halogens is 2. The van der Waals surface area contributed by atoms with E-state index < -0.39 is 0 Å². The Balaban J connectivity index is 2.25. The van der Waals surface area contributed by atoms with Gasteiger partial charge in [-0.25, -0.2) is 9.37 Å². The Morgan fingerprint density at radius 1 is 1.69 bits per heavy atom. The highest BCUT2D eigenvalue weighted by atomic mass is 35.5. The van der Waals surface area contributed by atoms with Crippen molar-refractivity contribution in [2.45, 2.75) is 18.3 Å². The van der Waals surface area contributed by atoms with Gasteiger partial charge in [-0.15, -0.1) is 11.6 Å². The first-order chi connectivity index (χ1) is 7.74. The summed E-state index contributed by atoms with van der Waals surface area (Å²) in [5, 5.41) is 0. The summed E-state index contributed by atoms with van der Waals surface area (Å²) in [7, 11) is 1.90. The topological polar surface area (TPSA) is 16.1 Å². The van der Waals surface area contributed by atoms with E-state index in [4.69, 9.17) is 11.6 Å². The van der Waals surface area contributed by atoms with Gasteiger partial charge in [0, 0.05) is 30.6 Å². The number of pyridine rings is 1. The zero-order chi connectivity index (χ0) is 11.5. The van der Waals surface area contributed by atoms with Gasteiger partial charge in [-0.1, -0.05) is 0 Å². The first-order valence-corrected chi connectivity index (χ1v) is 6.93. The molecule has 2 heterocycles. The maximum absolute atomic E-state index is 14.0. The van der Waals surface area contributed by atoms with Crippen LogP contribution in [0.25, 0.3) is 0 Å². The summed E-state index contributed by atoms with van der Waals surface area (Å²) >= 11 is 7.58. The molecular weight excluding hydrogens is 247 g/mol. The number of alkyl halides is 1. The van der Waals surface area contributed by atoms with E-state index in [0.717, 1.165) is 17.9 Å². The molecule has 0 spiro atoms. The van der Waals surface area contributed by atoms with E-state index in [-0.39, 0.29) is 11.7 Å². The molecule has 1 fully saturated rings. The van der Waals surface area contributed by atoms with Crippen LogP contribution >= 0.6 is 23.4 Å². The Morgan fingerprint density at radius 3 is 3.12 bits per heavy atom. The molecule has 1 atom stereocenters. The van der Waals surface area contributed by atoms with Gasteiger partial charge in [-0.3, -0.25) is 0 Å². The van der Waals surface area contributed by atoms with Gasteiger partial charge in [0.1, 0.15) is 0 Å². The van der Waals surface area contributed by atoms with Gasteiger partial charge in [0.05, 0.1) is 5.88 Å². The largest absolute Gasteiger partial charge is 0.353 e. The Morgan fingerprint density at radius 2 is 2.50 bits per heavy atom. The highest BCUT2D eigenvalue weighted by Gasteiger charge is 2.23. The van der Waals surface area contributed by atoms with Crippen molar-refractivity contribution < 1.29 is 4.39 Å². The van der Waals surface area contributed by atoms with Crippen molar-refractivity contribution in [2.24, 2.45) is 0 Å². The Hall–Kier alpha value is -0.480. The molecule has 88 valence electrons. The normalized spacial score (nSPS) is 20.1. The summed E-state index contributed by atoms with van der Waals surface area (Å²) in [5.74, 6) is 2.52. The number of anilines is 1. The van der Waals surface area contributed by atoms with Crippen molar-refractivity contribution in [3.8, 4) is 0 Å². The Labute approximate surface area is 104 Å². The van der Waals surface area contributed by atoms with Crippen LogP contribution in [-0.4, -0.2) is 29.6 Å². The fourth-order valence-corrected chi connectivity index (χ4v) is 3.30. The third kappa shape index (κ3) is 2.28. The maximum atomic E-state index is 14.0. The molecule has 1 saturated heterocycles. The zero-order valence-electron chi connectivity index (χ0n) is 9.12.